The molecule has 0 aliphatic carbocycles. The zero-order valence-electron chi connectivity index (χ0n) is 18.4. The predicted molar refractivity (Wildman–Crippen MR) is 128 cm³/mol. The van der Waals surface area contributed by atoms with Crippen LogP contribution in [0.2, 0.25) is 4.34 Å². The lowest BCUT2D eigenvalue weighted by molar-refractivity contribution is -0.0335. The van der Waals surface area contributed by atoms with Gasteiger partial charge < -0.3 is 11.1 Å². The molecule has 0 saturated carbocycles. The van der Waals surface area contributed by atoms with Crippen LogP contribution in [-0.4, -0.2) is 28.6 Å². The Morgan fingerprint density at radius 2 is 2.03 bits per heavy atom. The van der Waals surface area contributed by atoms with Gasteiger partial charge in [0.15, 0.2) is 12.5 Å². The van der Waals surface area contributed by atoms with E-state index in [-0.39, 0.29) is 21.3 Å². The van der Waals surface area contributed by atoms with Crippen molar-refractivity contribution in [3.8, 4) is 0 Å². The molecular formula is C22H21ClF4N6OS. The summed E-state index contributed by atoms with van der Waals surface area (Å²) in [5, 5.41) is 6.40. The minimum absolute atomic E-state index is 0.124. The molecule has 0 spiro atoms. The molecule has 0 aliphatic heterocycles. The Morgan fingerprint density at radius 3 is 2.66 bits per heavy atom. The molecule has 1 amide bonds. The van der Waals surface area contributed by atoms with Gasteiger partial charge in [-0.25, -0.2) is 9.38 Å². The molecule has 4 N–H and O–H groups in total. The molecule has 0 bridgehead atoms. The van der Waals surface area contributed by atoms with Gasteiger partial charge in [0.05, 0.1) is 12.1 Å². The van der Waals surface area contributed by atoms with Crippen molar-refractivity contribution < 1.29 is 22.4 Å². The van der Waals surface area contributed by atoms with Crippen LogP contribution in [0.3, 0.4) is 0 Å². The van der Waals surface area contributed by atoms with Crippen molar-refractivity contribution >= 4 is 46.5 Å². The lowest BCUT2D eigenvalue weighted by Gasteiger charge is -2.10. The second-order valence-electron chi connectivity index (χ2n) is 7.27. The minimum atomic E-state index is -3.91. The molecule has 0 radical (unpaired) electrons. The van der Waals surface area contributed by atoms with Gasteiger partial charge in [-0.05, 0) is 11.6 Å². The summed E-state index contributed by atoms with van der Waals surface area (Å²) in [6.07, 6.45) is 2.43. The van der Waals surface area contributed by atoms with Crippen molar-refractivity contribution in [1.29, 1.82) is 0 Å². The number of rotatable bonds is 10. The largest absolute Gasteiger partial charge is 0.404 e. The van der Waals surface area contributed by atoms with Crippen molar-refractivity contribution in [2.45, 2.75) is 19.0 Å². The maximum absolute atomic E-state index is 14.0. The standard InChI is InChI=1S/C22H21ClF4N6OS/c1-33-20(16(11-31-27)18(32-33)22(25,26)12-24)29-10-14(8-28)17-7-15(19(23)35-17)21(34)30-9-13-5-3-2-4-6-13/h2-8,10,31H,9,11-12,28H2,1H3,(H,30,34). The van der Waals surface area contributed by atoms with E-state index < -0.39 is 30.7 Å². The Balaban J connectivity index is 1.84. The van der Waals surface area contributed by atoms with E-state index in [1.54, 1.807) is 0 Å². The average molecular weight is 529 g/mol. The van der Waals surface area contributed by atoms with Gasteiger partial charge in [0.25, 0.3) is 5.91 Å². The maximum atomic E-state index is 14.0. The normalized spacial score (nSPS) is 12.5. The van der Waals surface area contributed by atoms with Crippen LogP contribution in [0, 0.1) is 0 Å². The van der Waals surface area contributed by atoms with Crippen LogP contribution in [0.15, 0.2) is 47.6 Å². The number of benzene rings is 1. The number of carbonyl (C=O) groups is 1. The van der Waals surface area contributed by atoms with Crippen LogP contribution < -0.4 is 16.6 Å². The van der Waals surface area contributed by atoms with E-state index in [0.29, 0.717) is 17.0 Å². The third kappa shape index (κ3) is 6.08. The van der Waals surface area contributed by atoms with Gasteiger partial charge in [-0.3, -0.25) is 9.48 Å². The van der Waals surface area contributed by atoms with Gasteiger partial charge in [-0.15, -0.1) is 15.8 Å². The highest BCUT2D eigenvalue weighted by atomic mass is 35.5. The lowest BCUT2D eigenvalue weighted by atomic mass is 10.1. The number of aryl methyl sites for hydroxylation is 1. The topological polar surface area (TPSA) is 97.3 Å². The van der Waals surface area contributed by atoms with E-state index in [4.69, 9.17) is 17.3 Å². The molecule has 7 nitrogen and oxygen atoms in total. The van der Waals surface area contributed by atoms with Crippen molar-refractivity contribution in [2.75, 3.05) is 6.67 Å². The molecule has 35 heavy (non-hydrogen) atoms. The molecule has 0 fully saturated rings. The first-order chi connectivity index (χ1) is 16.7. The van der Waals surface area contributed by atoms with Gasteiger partial charge in [-0.2, -0.15) is 19.4 Å². The zero-order valence-corrected chi connectivity index (χ0v) is 19.9. The molecule has 3 aromatic rings. The number of aromatic nitrogens is 2. The van der Waals surface area contributed by atoms with Gasteiger partial charge in [0.1, 0.15) is 10.0 Å². The second kappa shape index (κ2) is 11.5. The summed E-state index contributed by atoms with van der Waals surface area (Å²) in [6, 6.07) is 10.8. The van der Waals surface area contributed by atoms with Crippen LogP contribution in [0.5, 0.6) is 0 Å². The number of carbonyl (C=O) groups excluding carboxylic acids is 1. The molecule has 0 unspecified atom stereocenters. The number of nitrogens with two attached hydrogens (primary N) is 1. The molecule has 2 aromatic heterocycles. The summed E-state index contributed by atoms with van der Waals surface area (Å²) in [5.41, 5.74) is 7.21. The molecule has 0 aliphatic rings. The number of alkyl halides is 3. The van der Waals surface area contributed by atoms with Crippen molar-refractivity contribution in [1.82, 2.24) is 20.6 Å². The Hall–Kier alpha value is -3.22. The summed E-state index contributed by atoms with van der Waals surface area (Å²) >= 11 is 7.33. The summed E-state index contributed by atoms with van der Waals surface area (Å²) in [7, 11) is 1.31. The first-order valence-corrected chi connectivity index (χ1v) is 11.3. The number of allylic oxidation sites excluding steroid dienone is 1. The molecule has 2 heterocycles. The average Bonchev–Trinajstić information content (AvgIpc) is 3.39. The highest BCUT2D eigenvalue weighted by molar-refractivity contribution is 7.18. The fraction of sp³-hybridized carbons (Fsp3) is 0.227. The highest BCUT2D eigenvalue weighted by Crippen LogP contribution is 2.36. The maximum Gasteiger partial charge on any atom is 0.319 e. The molecule has 0 atom stereocenters. The summed E-state index contributed by atoms with van der Waals surface area (Å²) in [4.78, 5) is 17.2. The number of hydrogen-bond donors (Lipinski definition) is 3. The van der Waals surface area contributed by atoms with Gasteiger partial charge in [0, 0.05) is 42.0 Å². The van der Waals surface area contributed by atoms with Crippen LogP contribution in [0.4, 0.5) is 23.5 Å². The van der Waals surface area contributed by atoms with Gasteiger partial charge in [0.2, 0.25) is 0 Å². The zero-order chi connectivity index (χ0) is 25.6. The smallest absolute Gasteiger partial charge is 0.319 e. The number of halogens is 5. The first kappa shape index (κ1) is 26.4. The number of nitrogens with one attached hydrogen (secondary N) is 2. The molecule has 0 saturated heterocycles. The van der Waals surface area contributed by atoms with E-state index in [1.165, 1.54) is 31.1 Å². The van der Waals surface area contributed by atoms with Crippen molar-refractivity contribution in [3.05, 3.63) is 74.2 Å². The number of nitrogens with zero attached hydrogens (tertiary/aromatic N) is 3. The number of aliphatic imine (C=N–C) groups is 1. The van der Waals surface area contributed by atoms with Crippen LogP contribution in [0.25, 0.3) is 5.57 Å². The monoisotopic (exact) mass is 528 g/mol. The van der Waals surface area contributed by atoms with E-state index >= 15 is 0 Å². The van der Waals surface area contributed by atoms with Crippen molar-refractivity contribution in [3.63, 3.8) is 0 Å². The number of thiophene rings is 1. The van der Waals surface area contributed by atoms with Crippen LogP contribution >= 0.6 is 22.9 Å². The highest BCUT2D eigenvalue weighted by Gasteiger charge is 2.39. The lowest BCUT2D eigenvalue weighted by Crippen LogP contribution is -2.22. The quantitative estimate of drug-likeness (QED) is 0.200. The fourth-order valence-electron chi connectivity index (χ4n) is 3.17. The van der Waals surface area contributed by atoms with Gasteiger partial charge >= 0.3 is 5.92 Å². The Bertz CT molecular complexity index is 1240. The van der Waals surface area contributed by atoms with Gasteiger partial charge in [-0.1, -0.05) is 41.9 Å². The first-order valence-electron chi connectivity index (χ1n) is 10.1. The minimum Gasteiger partial charge on any atom is -0.404 e. The molecule has 3 rings (SSSR count). The number of amides is 1. The second-order valence-corrected chi connectivity index (χ2v) is 8.92. The SMILES string of the molecule is Cn1nc(C(F)(F)CF)c(CNF)c1N=CC(=CN)c1cc(C(=O)NCc2ccccc2)c(Cl)s1. The number of hydrogen-bond acceptors (Lipinski definition) is 6. The van der Waals surface area contributed by atoms with Crippen LogP contribution in [0.1, 0.15) is 32.1 Å². The van der Waals surface area contributed by atoms with E-state index in [1.807, 2.05) is 30.3 Å². The summed E-state index contributed by atoms with van der Waals surface area (Å²) in [5.74, 6) is -4.43. The fourth-order valence-corrected chi connectivity index (χ4v) is 4.43. The molecular weight excluding hydrogens is 508 g/mol. The Morgan fingerprint density at radius 1 is 1.31 bits per heavy atom. The van der Waals surface area contributed by atoms with E-state index in [9.17, 15) is 22.4 Å². The summed E-state index contributed by atoms with van der Waals surface area (Å²) < 4.78 is 54.8. The third-order valence-corrected chi connectivity index (χ3v) is 6.30. The van der Waals surface area contributed by atoms with Crippen LogP contribution in [-0.2, 0) is 26.1 Å². The summed E-state index contributed by atoms with van der Waals surface area (Å²) in [6.45, 7) is -2.35. The molecule has 13 heteroatoms. The predicted octanol–water partition coefficient (Wildman–Crippen LogP) is 4.80. The van der Waals surface area contributed by atoms with Crippen molar-refractivity contribution in [2.24, 2.45) is 17.8 Å². The third-order valence-electron chi connectivity index (χ3n) is 4.89. The van der Waals surface area contributed by atoms with E-state index in [2.05, 4.69) is 15.4 Å². The Labute approximate surface area is 207 Å². The van der Waals surface area contributed by atoms with E-state index in [0.717, 1.165) is 21.6 Å². The molecule has 1 aromatic carbocycles. The molecule has 186 valence electrons. The Kier molecular flexibility index (Phi) is 8.65.